The second-order valence-electron chi connectivity index (χ2n) is 4.77. The van der Waals surface area contributed by atoms with Crippen LogP contribution in [0.15, 0.2) is 18.2 Å². The van der Waals surface area contributed by atoms with Gasteiger partial charge in [0.2, 0.25) is 0 Å². The van der Waals surface area contributed by atoms with Crippen molar-refractivity contribution >= 4 is 11.7 Å². The van der Waals surface area contributed by atoms with Crippen LogP contribution in [0.5, 0.6) is 0 Å². The highest BCUT2D eigenvalue weighted by molar-refractivity contribution is 5.68. The Balaban J connectivity index is 2.00. The number of carboxylic acids is 1. The van der Waals surface area contributed by atoms with Crippen molar-refractivity contribution in [1.82, 2.24) is 0 Å². The van der Waals surface area contributed by atoms with Gasteiger partial charge in [-0.2, -0.15) is 5.26 Å². The van der Waals surface area contributed by atoms with Gasteiger partial charge in [-0.15, -0.1) is 0 Å². The average Bonchev–Trinajstić information content (AvgIpc) is 2.33. The van der Waals surface area contributed by atoms with Crippen molar-refractivity contribution < 1.29 is 19.0 Å². The van der Waals surface area contributed by atoms with Gasteiger partial charge < -0.3 is 14.7 Å². The fraction of sp³-hybridized carbons (Fsp3) is 0.385. The molecule has 0 saturated carbocycles. The molecule has 1 saturated heterocycles. The minimum absolute atomic E-state index is 0.270. The van der Waals surface area contributed by atoms with E-state index in [2.05, 4.69) is 0 Å². The third-order valence-corrected chi connectivity index (χ3v) is 3.01. The van der Waals surface area contributed by atoms with Crippen LogP contribution in [0.1, 0.15) is 12.5 Å². The lowest BCUT2D eigenvalue weighted by atomic mass is 9.95. The zero-order valence-corrected chi connectivity index (χ0v) is 10.4. The van der Waals surface area contributed by atoms with Crippen molar-refractivity contribution in [2.75, 3.05) is 24.6 Å². The van der Waals surface area contributed by atoms with E-state index in [0.717, 1.165) is 0 Å². The average molecular weight is 264 g/mol. The number of ether oxygens (including phenoxy) is 1. The first kappa shape index (κ1) is 13.3. The largest absolute Gasteiger partial charge is 0.480 e. The smallest absolute Gasteiger partial charge is 0.329 e. The van der Waals surface area contributed by atoms with Crippen molar-refractivity contribution in [3.8, 4) is 6.07 Å². The van der Waals surface area contributed by atoms with Crippen molar-refractivity contribution in [3.63, 3.8) is 0 Å². The van der Waals surface area contributed by atoms with Gasteiger partial charge in [0.05, 0.1) is 17.3 Å². The molecular formula is C13H13FN2O3. The van der Waals surface area contributed by atoms with E-state index in [1.165, 1.54) is 6.07 Å². The molecule has 19 heavy (non-hydrogen) atoms. The van der Waals surface area contributed by atoms with Gasteiger partial charge in [0.25, 0.3) is 0 Å². The Morgan fingerprint density at radius 2 is 2.32 bits per heavy atom. The van der Waals surface area contributed by atoms with Crippen molar-refractivity contribution in [2.24, 2.45) is 0 Å². The summed E-state index contributed by atoms with van der Waals surface area (Å²) >= 11 is 0. The molecule has 1 heterocycles. The molecule has 0 unspecified atom stereocenters. The summed E-state index contributed by atoms with van der Waals surface area (Å²) in [5.41, 5.74) is 0.0979. The monoisotopic (exact) mass is 264 g/mol. The number of nitriles is 1. The molecule has 6 heteroatoms. The third kappa shape index (κ3) is 2.83. The molecule has 0 spiro atoms. The summed E-state index contributed by atoms with van der Waals surface area (Å²) in [4.78, 5) is 12.2. The van der Waals surface area contributed by atoms with Gasteiger partial charge in [0.15, 0.2) is 0 Å². The van der Waals surface area contributed by atoms with E-state index in [0.29, 0.717) is 18.8 Å². The van der Waals surface area contributed by atoms with Gasteiger partial charge in [-0.1, -0.05) is 0 Å². The van der Waals surface area contributed by atoms with E-state index in [1.807, 2.05) is 6.07 Å². The van der Waals surface area contributed by atoms with E-state index in [4.69, 9.17) is 15.1 Å². The summed E-state index contributed by atoms with van der Waals surface area (Å²) in [5, 5.41) is 17.2. The molecule has 1 aromatic carbocycles. The fourth-order valence-electron chi connectivity index (χ4n) is 2.09. The maximum absolute atomic E-state index is 13.7. The zero-order valence-electron chi connectivity index (χ0n) is 10.4. The summed E-state index contributed by atoms with van der Waals surface area (Å²) < 4.78 is 19.0. The van der Waals surface area contributed by atoms with Gasteiger partial charge in [-0.05, 0) is 25.1 Å². The highest BCUT2D eigenvalue weighted by Gasteiger charge is 2.41. The first-order valence-electron chi connectivity index (χ1n) is 5.74. The number of rotatable bonds is 4. The van der Waals surface area contributed by atoms with Gasteiger partial charge in [0.1, 0.15) is 18.0 Å². The highest BCUT2D eigenvalue weighted by Crippen LogP contribution is 2.32. The Labute approximate surface area is 109 Å². The van der Waals surface area contributed by atoms with Gasteiger partial charge in [-0.3, -0.25) is 0 Å². The predicted molar refractivity (Wildman–Crippen MR) is 65.3 cm³/mol. The maximum Gasteiger partial charge on any atom is 0.329 e. The minimum atomic E-state index is -1.02. The quantitative estimate of drug-likeness (QED) is 0.889. The van der Waals surface area contributed by atoms with E-state index < -0.39 is 17.4 Å². The predicted octanol–water partition coefficient (Wildman–Crippen LogP) is 1.38. The summed E-state index contributed by atoms with van der Waals surface area (Å²) in [6, 6.07) is 6.15. The van der Waals surface area contributed by atoms with Crippen LogP contribution in [0.2, 0.25) is 0 Å². The number of carboxylic acid groups (broad SMARTS) is 1. The molecule has 0 atom stereocenters. The maximum atomic E-state index is 13.7. The minimum Gasteiger partial charge on any atom is -0.480 e. The van der Waals surface area contributed by atoms with Gasteiger partial charge >= 0.3 is 5.97 Å². The van der Waals surface area contributed by atoms with Crippen molar-refractivity contribution in [2.45, 2.75) is 12.5 Å². The molecule has 0 amide bonds. The molecule has 1 aliphatic heterocycles. The first-order valence-corrected chi connectivity index (χ1v) is 5.74. The molecule has 0 radical (unpaired) electrons. The lowest BCUT2D eigenvalue weighted by molar-refractivity contribution is -0.150. The molecule has 2 rings (SSSR count). The molecule has 1 N–H and O–H groups in total. The van der Waals surface area contributed by atoms with Crippen LogP contribution in [-0.2, 0) is 9.53 Å². The molecule has 1 aromatic rings. The summed E-state index contributed by atoms with van der Waals surface area (Å²) in [5.74, 6) is -1.48. The number of hydrogen-bond donors (Lipinski definition) is 1. The Morgan fingerprint density at radius 3 is 2.84 bits per heavy atom. The molecule has 1 aliphatic rings. The second kappa shape index (κ2) is 4.86. The van der Waals surface area contributed by atoms with Crippen LogP contribution in [0.25, 0.3) is 0 Å². The van der Waals surface area contributed by atoms with E-state index in [9.17, 15) is 9.18 Å². The number of carbonyl (C=O) groups is 1. The summed E-state index contributed by atoms with van der Waals surface area (Å²) in [6.45, 7) is 2.26. The molecule has 5 nitrogen and oxygen atoms in total. The second-order valence-corrected chi connectivity index (χ2v) is 4.77. The number of hydrogen-bond acceptors (Lipinski definition) is 4. The molecule has 100 valence electrons. The zero-order chi connectivity index (χ0) is 14.0. The number of nitrogens with zero attached hydrogens (tertiary/aromatic N) is 2. The third-order valence-electron chi connectivity index (χ3n) is 3.01. The van der Waals surface area contributed by atoms with Crippen LogP contribution in [0.4, 0.5) is 10.1 Å². The van der Waals surface area contributed by atoms with Crippen LogP contribution >= 0.6 is 0 Å². The van der Waals surface area contributed by atoms with Crippen LogP contribution in [0, 0.1) is 17.1 Å². The molecule has 0 aromatic heterocycles. The van der Waals surface area contributed by atoms with E-state index >= 15 is 0 Å². The Bertz CT molecular complexity index is 547. The van der Waals surface area contributed by atoms with Gasteiger partial charge in [0, 0.05) is 13.1 Å². The summed E-state index contributed by atoms with van der Waals surface area (Å²) in [6.07, 6.45) is 0. The number of halogens is 1. The molecular weight excluding hydrogens is 251 g/mol. The Kier molecular flexibility index (Phi) is 3.40. The standard InChI is InChI=1S/C13H13FN2O3/c1-13(19-6-12(17)18)7-16(8-13)11-3-2-9(5-15)4-10(11)14/h2-4H,6-8H2,1H3,(H,17,18). The molecule has 0 bridgehead atoms. The van der Waals surface area contributed by atoms with Crippen LogP contribution < -0.4 is 4.90 Å². The van der Waals surface area contributed by atoms with Crippen LogP contribution in [0.3, 0.4) is 0 Å². The molecule has 0 aliphatic carbocycles. The van der Waals surface area contributed by atoms with E-state index in [1.54, 1.807) is 24.0 Å². The SMILES string of the molecule is CC1(OCC(=O)O)CN(c2ccc(C#N)cc2F)C1. The van der Waals surface area contributed by atoms with Crippen LogP contribution in [-0.4, -0.2) is 36.4 Å². The number of benzene rings is 1. The van der Waals surface area contributed by atoms with Gasteiger partial charge in [-0.25, -0.2) is 9.18 Å². The Hall–Kier alpha value is -2.13. The first-order chi connectivity index (χ1) is 8.93. The lowest BCUT2D eigenvalue weighted by Gasteiger charge is -2.48. The Morgan fingerprint density at radius 1 is 1.63 bits per heavy atom. The van der Waals surface area contributed by atoms with Crippen molar-refractivity contribution in [3.05, 3.63) is 29.6 Å². The summed E-state index contributed by atoms with van der Waals surface area (Å²) in [7, 11) is 0. The van der Waals surface area contributed by atoms with Crippen molar-refractivity contribution in [1.29, 1.82) is 5.26 Å². The normalized spacial score (nSPS) is 16.6. The topological polar surface area (TPSA) is 73.6 Å². The number of anilines is 1. The number of aliphatic carboxylic acids is 1. The van der Waals surface area contributed by atoms with E-state index in [-0.39, 0.29) is 12.2 Å². The fourth-order valence-corrected chi connectivity index (χ4v) is 2.09. The lowest BCUT2D eigenvalue weighted by Crippen LogP contribution is -2.62. The highest BCUT2D eigenvalue weighted by atomic mass is 19.1. The molecule has 1 fully saturated rings.